The molecule has 0 fully saturated rings. The number of hydrogen-bond donors (Lipinski definition) is 1. The molecule has 2 aromatic carbocycles. The predicted octanol–water partition coefficient (Wildman–Crippen LogP) is 3.57. The van der Waals surface area contributed by atoms with Gasteiger partial charge in [0.15, 0.2) is 0 Å². The number of fused-ring (bicyclic) bond motifs is 1. The van der Waals surface area contributed by atoms with Crippen LogP contribution in [0.25, 0.3) is 10.2 Å². The van der Waals surface area contributed by atoms with Gasteiger partial charge in [-0.25, -0.2) is 9.78 Å². The van der Waals surface area contributed by atoms with Gasteiger partial charge in [0.25, 0.3) is 0 Å². The molecule has 0 radical (unpaired) electrons. The van der Waals surface area contributed by atoms with Crippen LogP contribution < -0.4 is 4.74 Å². The molecule has 100 valence electrons. The lowest BCUT2D eigenvalue weighted by atomic mass is 10.1. The molecule has 20 heavy (non-hydrogen) atoms. The summed E-state index contributed by atoms with van der Waals surface area (Å²) in [6.45, 7) is 0.317. The van der Waals surface area contributed by atoms with Gasteiger partial charge in [-0.1, -0.05) is 18.2 Å². The van der Waals surface area contributed by atoms with Crippen molar-refractivity contribution >= 4 is 27.5 Å². The zero-order valence-corrected chi connectivity index (χ0v) is 11.3. The van der Waals surface area contributed by atoms with Gasteiger partial charge in [0.05, 0.1) is 15.8 Å². The Bertz CT molecular complexity index is 766. The zero-order valence-electron chi connectivity index (χ0n) is 10.4. The number of carboxylic acids is 1. The Morgan fingerprint density at radius 3 is 2.95 bits per heavy atom. The summed E-state index contributed by atoms with van der Waals surface area (Å²) in [6.07, 6.45) is 0. The van der Waals surface area contributed by atoms with Gasteiger partial charge in [0.1, 0.15) is 17.9 Å². The Morgan fingerprint density at radius 1 is 1.25 bits per heavy atom. The molecule has 3 aromatic rings. The first kappa shape index (κ1) is 12.6. The van der Waals surface area contributed by atoms with Crippen molar-refractivity contribution in [2.24, 2.45) is 0 Å². The Balaban J connectivity index is 1.81. The van der Waals surface area contributed by atoms with E-state index in [0.29, 0.717) is 12.4 Å². The molecule has 0 bridgehead atoms. The summed E-state index contributed by atoms with van der Waals surface area (Å²) in [5.41, 5.74) is 3.70. The van der Waals surface area contributed by atoms with Gasteiger partial charge in [-0.3, -0.25) is 0 Å². The first-order chi connectivity index (χ1) is 9.74. The average molecular weight is 285 g/mol. The van der Waals surface area contributed by atoms with E-state index in [9.17, 15) is 4.79 Å². The van der Waals surface area contributed by atoms with Gasteiger partial charge in [0, 0.05) is 0 Å². The second kappa shape index (κ2) is 5.30. The SMILES string of the molecule is O=C(O)c1cccc(COc2cccc3scnc23)c1. The summed E-state index contributed by atoms with van der Waals surface area (Å²) < 4.78 is 6.82. The lowest BCUT2D eigenvalue weighted by Gasteiger charge is -2.07. The lowest BCUT2D eigenvalue weighted by Crippen LogP contribution is -2.00. The van der Waals surface area contributed by atoms with Crippen molar-refractivity contribution in [3.8, 4) is 5.75 Å². The van der Waals surface area contributed by atoms with Crippen LogP contribution in [0.5, 0.6) is 5.75 Å². The van der Waals surface area contributed by atoms with Crippen LogP contribution >= 0.6 is 11.3 Å². The molecule has 0 saturated carbocycles. The first-order valence-electron chi connectivity index (χ1n) is 6.01. The highest BCUT2D eigenvalue weighted by Gasteiger charge is 2.06. The molecule has 1 heterocycles. The summed E-state index contributed by atoms with van der Waals surface area (Å²) in [5.74, 6) is -0.224. The molecule has 4 nitrogen and oxygen atoms in total. The number of carboxylic acid groups (broad SMARTS) is 1. The van der Waals surface area contributed by atoms with E-state index < -0.39 is 5.97 Å². The molecule has 0 spiro atoms. The van der Waals surface area contributed by atoms with Crippen LogP contribution in [0.4, 0.5) is 0 Å². The second-order valence-electron chi connectivity index (χ2n) is 4.25. The van der Waals surface area contributed by atoms with E-state index in [1.54, 1.807) is 35.0 Å². The number of rotatable bonds is 4. The van der Waals surface area contributed by atoms with Gasteiger partial charge in [0.2, 0.25) is 0 Å². The fourth-order valence-electron chi connectivity index (χ4n) is 1.93. The number of thiazole rings is 1. The van der Waals surface area contributed by atoms with E-state index in [0.717, 1.165) is 15.8 Å². The number of benzene rings is 2. The van der Waals surface area contributed by atoms with Gasteiger partial charge in [-0.05, 0) is 29.8 Å². The molecule has 0 atom stereocenters. The topological polar surface area (TPSA) is 59.4 Å². The zero-order chi connectivity index (χ0) is 13.9. The first-order valence-corrected chi connectivity index (χ1v) is 6.89. The normalized spacial score (nSPS) is 10.6. The summed E-state index contributed by atoms with van der Waals surface area (Å²) in [6, 6.07) is 12.5. The minimum absolute atomic E-state index is 0.262. The molecule has 1 aromatic heterocycles. The molecule has 0 aliphatic rings. The largest absolute Gasteiger partial charge is 0.487 e. The maximum Gasteiger partial charge on any atom is 0.335 e. The van der Waals surface area contributed by atoms with Crippen molar-refractivity contribution in [1.82, 2.24) is 4.98 Å². The summed E-state index contributed by atoms with van der Waals surface area (Å²) in [4.78, 5) is 15.2. The summed E-state index contributed by atoms with van der Waals surface area (Å²) in [7, 11) is 0. The van der Waals surface area contributed by atoms with Crippen molar-refractivity contribution in [2.75, 3.05) is 0 Å². The molecule has 3 rings (SSSR count). The van der Waals surface area contributed by atoms with Gasteiger partial charge >= 0.3 is 5.97 Å². The fraction of sp³-hybridized carbons (Fsp3) is 0.0667. The van der Waals surface area contributed by atoms with Crippen LogP contribution in [0, 0.1) is 0 Å². The quantitative estimate of drug-likeness (QED) is 0.796. The molecular weight excluding hydrogens is 274 g/mol. The Labute approximate surface area is 119 Å². The lowest BCUT2D eigenvalue weighted by molar-refractivity contribution is 0.0696. The van der Waals surface area contributed by atoms with E-state index in [2.05, 4.69) is 4.98 Å². The van der Waals surface area contributed by atoms with E-state index in [-0.39, 0.29) is 5.56 Å². The third kappa shape index (κ3) is 2.48. The summed E-state index contributed by atoms with van der Waals surface area (Å²) >= 11 is 1.56. The monoisotopic (exact) mass is 285 g/mol. The van der Waals surface area contributed by atoms with Gasteiger partial charge in [-0.15, -0.1) is 11.3 Å². The van der Waals surface area contributed by atoms with Crippen molar-refractivity contribution in [1.29, 1.82) is 0 Å². The molecule has 0 aliphatic heterocycles. The maximum atomic E-state index is 10.9. The van der Waals surface area contributed by atoms with Crippen LogP contribution in [-0.4, -0.2) is 16.1 Å². The van der Waals surface area contributed by atoms with E-state index in [1.807, 2.05) is 24.3 Å². The van der Waals surface area contributed by atoms with E-state index in [1.165, 1.54) is 0 Å². The molecule has 5 heteroatoms. The van der Waals surface area contributed by atoms with E-state index >= 15 is 0 Å². The Kier molecular flexibility index (Phi) is 3.35. The molecule has 0 saturated heterocycles. The number of para-hydroxylation sites is 1. The fourth-order valence-corrected chi connectivity index (χ4v) is 2.63. The molecule has 1 N–H and O–H groups in total. The third-order valence-electron chi connectivity index (χ3n) is 2.89. The highest BCUT2D eigenvalue weighted by atomic mass is 32.1. The number of ether oxygens (including phenoxy) is 1. The second-order valence-corrected chi connectivity index (χ2v) is 5.14. The Hall–Kier alpha value is -2.40. The summed E-state index contributed by atoms with van der Waals surface area (Å²) in [5, 5.41) is 8.96. The highest BCUT2D eigenvalue weighted by molar-refractivity contribution is 7.16. The molecule has 0 amide bonds. The standard InChI is InChI=1S/C15H11NO3S/c17-15(18)11-4-1-3-10(7-11)8-19-12-5-2-6-13-14(12)16-9-20-13/h1-7,9H,8H2,(H,17,18). The van der Waals surface area contributed by atoms with Gasteiger partial charge < -0.3 is 9.84 Å². The van der Waals surface area contributed by atoms with Crippen molar-refractivity contribution in [2.45, 2.75) is 6.61 Å². The average Bonchev–Trinajstić information content (AvgIpc) is 2.94. The minimum Gasteiger partial charge on any atom is -0.487 e. The number of aromatic nitrogens is 1. The minimum atomic E-state index is -0.937. The molecular formula is C15H11NO3S. The number of nitrogens with zero attached hydrogens (tertiary/aromatic N) is 1. The smallest absolute Gasteiger partial charge is 0.335 e. The third-order valence-corrected chi connectivity index (χ3v) is 3.69. The van der Waals surface area contributed by atoms with Crippen LogP contribution in [-0.2, 0) is 6.61 Å². The number of aromatic carboxylic acids is 1. The number of hydrogen-bond acceptors (Lipinski definition) is 4. The van der Waals surface area contributed by atoms with Crippen LogP contribution in [0.15, 0.2) is 48.0 Å². The van der Waals surface area contributed by atoms with Crippen LogP contribution in [0.3, 0.4) is 0 Å². The highest BCUT2D eigenvalue weighted by Crippen LogP contribution is 2.27. The Morgan fingerprint density at radius 2 is 2.10 bits per heavy atom. The molecule has 0 unspecified atom stereocenters. The van der Waals surface area contributed by atoms with Crippen LogP contribution in [0.2, 0.25) is 0 Å². The maximum absolute atomic E-state index is 10.9. The molecule has 0 aliphatic carbocycles. The number of carbonyl (C=O) groups is 1. The van der Waals surface area contributed by atoms with Crippen LogP contribution in [0.1, 0.15) is 15.9 Å². The van der Waals surface area contributed by atoms with E-state index in [4.69, 9.17) is 9.84 Å². The van der Waals surface area contributed by atoms with Crippen molar-refractivity contribution < 1.29 is 14.6 Å². The predicted molar refractivity (Wildman–Crippen MR) is 77.4 cm³/mol. The van der Waals surface area contributed by atoms with Crippen molar-refractivity contribution in [3.05, 3.63) is 59.1 Å². The van der Waals surface area contributed by atoms with Crippen molar-refractivity contribution in [3.63, 3.8) is 0 Å². The van der Waals surface area contributed by atoms with Gasteiger partial charge in [-0.2, -0.15) is 0 Å².